The Hall–Kier alpha value is -0.830. The van der Waals surface area contributed by atoms with E-state index in [0.29, 0.717) is 13.8 Å². The SMILES string of the molecule is O=C(O)c1cc(Br)cc(S(=O)(=O)c2cc(S)cc(Br)c2)c1. The molecule has 2 aromatic carbocycles. The smallest absolute Gasteiger partial charge is 0.335 e. The normalized spacial score (nSPS) is 11.4. The predicted molar refractivity (Wildman–Crippen MR) is 87.9 cm³/mol. The predicted octanol–water partition coefficient (Wildman–Crippen LogP) is 4.03. The Morgan fingerprint density at radius 2 is 1.48 bits per heavy atom. The summed E-state index contributed by atoms with van der Waals surface area (Å²) in [5.41, 5.74) is -0.107. The van der Waals surface area contributed by atoms with E-state index >= 15 is 0 Å². The maximum Gasteiger partial charge on any atom is 0.335 e. The average Bonchev–Trinajstić information content (AvgIpc) is 2.36. The summed E-state index contributed by atoms with van der Waals surface area (Å²) in [5.74, 6) is -1.20. The molecule has 0 saturated heterocycles. The minimum Gasteiger partial charge on any atom is -0.478 e. The minimum atomic E-state index is -3.83. The van der Waals surface area contributed by atoms with Crippen LogP contribution >= 0.6 is 44.5 Å². The largest absolute Gasteiger partial charge is 0.478 e. The van der Waals surface area contributed by atoms with Crippen molar-refractivity contribution in [1.29, 1.82) is 0 Å². The lowest BCUT2D eigenvalue weighted by Gasteiger charge is -2.08. The van der Waals surface area contributed by atoms with Gasteiger partial charge in [0.25, 0.3) is 0 Å². The Bertz CT molecular complexity index is 812. The van der Waals surface area contributed by atoms with E-state index in [1.807, 2.05) is 0 Å². The third-order valence-corrected chi connectivity index (χ3v) is 5.48. The monoisotopic (exact) mass is 450 g/mol. The third kappa shape index (κ3) is 3.68. The summed E-state index contributed by atoms with van der Waals surface area (Å²) in [5, 5.41) is 9.02. The van der Waals surface area contributed by atoms with Crippen LogP contribution in [-0.2, 0) is 9.84 Å². The van der Waals surface area contributed by atoms with Crippen molar-refractivity contribution in [2.45, 2.75) is 14.7 Å². The molecule has 2 rings (SSSR count). The molecule has 0 unspecified atom stereocenters. The molecular formula is C13H8Br2O4S2. The number of carbonyl (C=O) groups is 1. The molecule has 0 aromatic heterocycles. The molecule has 0 radical (unpaired) electrons. The first-order valence-corrected chi connectivity index (χ1v) is 9.00. The zero-order chi connectivity index (χ0) is 15.8. The molecule has 0 amide bonds. The fraction of sp³-hybridized carbons (Fsp3) is 0. The standard InChI is InChI=1S/C13H8Br2O4S2/c14-8-1-7(13(16)17)2-11(4-8)21(18,19)12-5-9(15)3-10(20)6-12/h1-6,20H,(H,16,17). The molecule has 110 valence electrons. The van der Waals surface area contributed by atoms with E-state index in [-0.39, 0.29) is 15.4 Å². The maximum absolute atomic E-state index is 12.6. The quantitative estimate of drug-likeness (QED) is 0.691. The van der Waals surface area contributed by atoms with Gasteiger partial charge in [-0.1, -0.05) is 31.9 Å². The van der Waals surface area contributed by atoms with Crippen molar-refractivity contribution in [3.05, 3.63) is 50.9 Å². The lowest BCUT2D eigenvalue weighted by molar-refractivity contribution is 0.0696. The molecular weight excluding hydrogens is 444 g/mol. The van der Waals surface area contributed by atoms with Crippen LogP contribution in [0, 0.1) is 0 Å². The van der Waals surface area contributed by atoms with E-state index in [1.54, 1.807) is 6.07 Å². The summed E-state index contributed by atoms with van der Waals surface area (Å²) < 4.78 is 26.1. The van der Waals surface area contributed by atoms with Crippen LogP contribution in [0.5, 0.6) is 0 Å². The van der Waals surface area contributed by atoms with Crippen molar-refractivity contribution in [1.82, 2.24) is 0 Å². The van der Waals surface area contributed by atoms with E-state index in [9.17, 15) is 13.2 Å². The summed E-state index contributed by atoms with van der Waals surface area (Å²) in [4.78, 5) is 11.5. The third-order valence-electron chi connectivity index (χ3n) is 2.59. The Balaban J connectivity index is 2.66. The molecule has 21 heavy (non-hydrogen) atoms. The van der Waals surface area contributed by atoms with Crippen LogP contribution in [0.25, 0.3) is 0 Å². The van der Waals surface area contributed by atoms with Crippen molar-refractivity contribution in [2.24, 2.45) is 0 Å². The lowest BCUT2D eigenvalue weighted by Crippen LogP contribution is -2.05. The second-order valence-electron chi connectivity index (χ2n) is 4.13. The molecule has 2 aromatic rings. The number of rotatable bonds is 3. The molecule has 0 heterocycles. The number of hydrogen-bond donors (Lipinski definition) is 2. The molecule has 0 fully saturated rings. The van der Waals surface area contributed by atoms with Gasteiger partial charge in [-0.3, -0.25) is 0 Å². The van der Waals surface area contributed by atoms with Crippen molar-refractivity contribution in [2.75, 3.05) is 0 Å². The van der Waals surface area contributed by atoms with Gasteiger partial charge in [-0.2, -0.15) is 0 Å². The Morgan fingerprint density at radius 1 is 0.952 bits per heavy atom. The van der Waals surface area contributed by atoms with Gasteiger partial charge in [-0.15, -0.1) is 12.6 Å². The van der Waals surface area contributed by atoms with Crippen LogP contribution in [-0.4, -0.2) is 19.5 Å². The molecule has 0 saturated carbocycles. The van der Waals surface area contributed by atoms with Crippen LogP contribution in [0.3, 0.4) is 0 Å². The van der Waals surface area contributed by atoms with Gasteiger partial charge in [0.2, 0.25) is 9.84 Å². The molecule has 1 N–H and O–H groups in total. The van der Waals surface area contributed by atoms with Gasteiger partial charge in [0.05, 0.1) is 15.4 Å². The number of thiol groups is 1. The summed E-state index contributed by atoms with van der Waals surface area (Å²) in [6, 6.07) is 8.33. The highest BCUT2D eigenvalue weighted by Gasteiger charge is 2.21. The van der Waals surface area contributed by atoms with Crippen molar-refractivity contribution < 1.29 is 18.3 Å². The fourth-order valence-electron chi connectivity index (χ4n) is 1.68. The van der Waals surface area contributed by atoms with Gasteiger partial charge >= 0.3 is 5.97 Å². The van der Waals surface area contributed by atoms with Crippen molar-refractivity contribution in [3.63, 3.8) is 0 Å². The van der Waals surface area contributed by atoms with E-state index < -0.39 is 15.8 Å². The van der Waals surface area contributed by atoms with Crippen LogP contribution in [0.2, 0.25) is 0 Å². The molecule has 0 spiro atoms. The second-order valence-corrected chi connectivity index (χ2v) is 8.43. The minimum absolute atomic E-state index is 0.0383. The highest BCUT2D eigenvalue weighted by atomic mass is 79.9. The van der Waals surface area contributed by atoms with Gasteiger partial charge in [0.1, 0.15) is 0 Å². The van der Waals surface area contributed by atoms with E-state index in [0.717, 1.165) is 6.07 Å². The molecule has 4 nitrogen and oxygen atoms in total. The number of carboxylic acids is 1. The first kappa shape index (κ1) is 16.5. The molecule has 0 aliphatic carbocycles. The van der Waals surface area contributed by atoms with Crippen LogP contribution in [0.4, 0.5) is 0 Å². The Labute approximate surface area is 143 Å². The number of benzene rings is 2. The van der Waals surface area contributed by atoms with Gasteiger partial charge in [0, 0.05) is 13.8 Å². The Morgan fingerprint density at radius 3 is 2.00 bits per heavy atom. The number of aromatic carboxylic acids is 1. The molecule has 0 bridgehead atoms. The zero-order valence-electron chi connectivity index (χ0n) is 10.2. The number of hydrogen-bond acceptors (Lipinski definition) is 4. The van der Waals surface area contributed by atoms with Gasteiger partial charge in [-0.25, -0.2) is 13.2 Å². The average molecular weight is 452 g/mol. The molecule has 8 heteroatoms. The summed E-state index contributed by atoms with van der Waals surface area (Å²) in [6.45, 7) is 0. The fourth-order valence-corrected chi connectivity index (χ4v) is 4.91. The molecule has 0 aliphatic rings. The van der Waals surface area contributed by atoms with E-state index in [4.69, 9.17) is 5.11 Å². The van der Waals surface area contributed by atoms with E-state index in [1.165, 1.54) is 24.3 Å². The first-order chi connectivity index (χ1) is 9.70. The number of halogens is 2. The first-order valence-electron chi connectivity index (χ1n) is 5.48. The maximum atomic E-state index is 12.6. The molecule has 0 aliphatic heterocycles. The summed E-state index contributed by atoms with van der Waals surface area (Å²) in [7, 11) is -3.83. The van der Waals surface area contributed by atoms with Gasteiger partial charge in [-0.05, 0) is 36.4 Å². The zero-order valence-corrected chi connectivity index (χ0v) is 15.1. The van der Waals surface area contributed by atoms with Gasteiger partial charge < -0.3 is 5.11 Å². The second kappa shape index (κ2) is 6.12. The topological polar surface area (TPSA) is 71.4 Å². The summed E-state index contributed by atoms with van der Waals surface area (Å²) in [6.07, 6.45) is 0. The van der Waals surface area contributed by atoms with E-state index in [2.05, 4.69) is 44.5 Å². The number of sulfone groups is 1. The van der Waals surface area contributed by atoms with Crippen molar-refractivity contribution >= 4 is 60.3 Å². The van der Waals surface area contributed by atoms with Gasteiger partial charge in [0.15, 0.2) is 0 Å². The highest BCUT2D eigenvalue weighted by Crippen LogP contribution is 2.29. The van der Waals surface area contributed by atoms with Crippen molar-refractivity contribution in [3.8, 4) is 0 Å². The summed E-state index contributed by atoms with van der Waals surface area (Å²) >= 11 is 10.5. The van der Waals surface area contributed by atoms with Crippen LogP contribution < -0.4 is 0 Å². The number of carboxylic acid groups (broad SMARTS) is 1. The lowest BCUT2D eigenvalue weighted by atomic mass is 10.2. The van der Waals surface area contributed by atoms with Crippen LogP contribution in [0.1, 0.15) is 10.4 Å². The highest BCUT2D eigenvalue weighted by molar-refractivity contribution is 9.10. The molecule has 0 atom stereocenters. The van der Waals surface area contributed by atoms with Crippen LogP contribution in [0.15, 0.2) is 60.0 Å². The Kier molecular flexibility index (Phi) is 4.82.